The van der Waals surface area contributed by atoms with Crippen LogP contribution in [0.25, 0.3) is 10.2 Å². The average molecular weight is 398 g/mol. The quantitative estimate of drug-likeness (QED) is 0.792. The van der Waals surface area contributed by atoms with Crippen LogP contribution in [-0.2, 0) is 6.42 Å². The van der Waals surface area contributed by atoms with Gasteiger partial charge in [-0.1, -0.05) is 0 Å². The SMILES string of the molecule is COc1nc(N(C)C2(O)CCCC2)c2cc(CC(F)(F)F)sc2n1.Cl. The summed E-state index contributed by atoms with van der Waals surface area (Å²) < 4.78 is 43.1. The lowest BCUT2D eigenvalue weighted by Crippen LogP contribution is -2.44. The third kappa shape index (κ3) is 4.09. The van der Waals surface area contributed by atoms with Gasteiger partial charge in [0.2, 0.25) is 0 Å². The largest absolute Gasteiger partial charge is 0.467 e. The summed E-state index contributed by atoms with van der Waals surface area (Å²) in [6.07, 6.45) is -2.31. The third-order valence-electron chi connectivity index (χ3n) is 4.31. The summed E-state index contributed by atoms with van der Waals surface area (Å²) in [4.78, 5) is 10.6. The Labute approximate surface area is 153 Å². The molecule has 1 aliphatic carbocycles. The van der Waals surface area contributed by atoms with Crippen LogP contribution in [0.15, 0.2) is 6.07 Å². The molecule has 0 spiro atoms. The van der Waals surface area contributed by atoms with E-state index in [9.17, 15) is 18.3 Å². The smallest absolute Gasteiger partial charge is 0.393 e. The molecule has 1 fully saturated rings. The Morgan fingerprint density at radius 3 is 2.52 bits per heavy atom. The molecule has 140 valence electrons. The van der Waals surface area contributed by atoms with E-state index in [4.69, 9.17) is 4.74 Å². The number of thiophene rings is 1. The van der Waals surface area contributed by atoms with Gasteiger partial charge in [-0.2, -0.15) is 23.1 Å². The molecule has 5 nitrogen and oxygen atoms in total. The minimum Gasteiger partial charge on any atom is -0.467 e. The van der Waals surface area contributed by atoms with Crippen molar-refractivity contribution >= 4 is 39.8 Å². The van der Waals surface area contributed by atoms with Crippen LogP contribution in [0.3, 0.4) is 0 Å². The Kier molecular flexibility index (Phi) is 5.70. The van der Waals surface area contributed by atoms with Gasteiger partial charge >= 0.3 is 12.2 Å². The second-order valence-corrected chi connectivity index (χ2v) is 7.12. The van der Waals surface area contributed by atoms with Gasteiger partial charge in [-0.15, -0.1) is 23.7 Å². The normalized spacial score (nSPS) is 16.7. The predicted molar refractivity (Wildman–Crippen MR) is 92.8 cm³/mol. The van der Waals surface area contributed by atoms with Gasteiger partial charge in [-0.05, 0) is 31.7 Å². The molecule has 2 aromatic heterocycles. The zero-order valence-corrected chi connectivity index (χ0v) is 15.4. The molecule has 1 N–H and O–H groups in total. The van der Waals surface area contributed by atoms with Gasteiger partial charge in [0.25, 0.3) is 0 Å². The molecule has 0 saturated heterocycles. The number of hydrogen-bond donors (Lipinski definition) is 1. The second kappa shape index (κ2) is 7.13. The van der Waals surface area contributed by atoms with Crippen LogP contribution in [0.5, 0.6) is 6.01 Å². The molecule has 0 aromatic carbocycles. The number of hydrogen-bond acceptors (Lipinski definition) is 6. The number of ether oxygens (including phenoxy) is 1. The lowest BCUT2D eigenvalue weighted by atomic mass is 10.1. The molecule has 1 saturated carbocycles. The maximum Gasteiger partial charge on any atom is 0.393 e. The van der Waals surface area contributed by atoms with E-state index in [1.165, 1.54) is 13.2 Å². The van der Waals surface area contributed by atoms with E-state index in [0.717, 1.165) is 24.2 Å². The van der Waals surface area contributed by atoms with Crippen LogP contribution >= 0.6 is 23.7 Å². The van der Waals surface area contributed by atoms with Gasteiger partial charge in [0.05, 0.1) is 18.9 Å². The topological polar surface area (TPSA) is 58.5 Å². The van der Waals surface area contributed by atoms with Crippen molar-refractivity contribution in [2.24, 2.45) is 0 Å². The van der Waals surface area contributed by atoms with Crippen molar-refractivity contribution < 1.29 is 23.0 Å². The van der Waals surface area contributed by atoms with Gasteiger partial charge in [0.15, 0.2) is 0 Å². The first-order chi connectivity index (χ1) is 11.2. The van der Waals surface area contributed by atoms with Crippen molar-refractivity contribution in [3.8, 4) is 6.01 Å². The zero-order valence-electron chi connectivity index (χ0n) is 13.8. The molecule has 2 heterocycles. The van der Waals surface area contributed by atoms with Gasteiger partial charge in [-0.25, -0.2) is 0 Å². The number of aliphatic hydroxyl groups is 1. The molecule has 3 rings (SSSR count). The van der Waals surface area contributed by atoms with Gasteiger partial charge in [-0.3, -0.25) is 0 Å². The van der Waals surface area contributed by atoms with E-state index >= 15 is 0 Å². The fourth-order valence-electron chi connectivity index (χ4n) is 3.04. The van der Waals surface area contributed by atoms with E-state index in [1.54, 1.807) is 11.9 Å². The first-order valence-corrected chi connectivity index (χ1v) is 8.41. The average Bonchev–Trinajstić information content (AvgIpc) is 3.10. The fourth-order valence-corrected chi connectivity index (χ4v) is 4.09. The molecule has 0 aliphatic heterocycles. The van der Waals surface area contributed by atoms with Crippen LogP contribution in [0.2, 0.25) is 0 Å². The maximum absolute atomic E-state index is 12.7. The highest BCUT2D eigenvalue weighted by molar-refractivity contribution is 7.18. The molecule has 0 unspecified atom stereocenters. The number of methoxy groups -OCH3 is 1. The molecule has 0 radical (unpaired) electrons. The van der Waals surface area contributed by atoms with Crippen molar-refractivity contribution in [2.75, 3.05) is 19.1 Å². The zero-order chi connectivity index (χ0) is 17.5. The van der Waals surface area contributed by atoms with Crippen molar-refractivity contribution in [3.63, 3.8) is 0 Å². The van der Waals surface area contributed by atoms with Gasteiger partial charge in [0, 0.05) is 11.9 Å². The first kappa shape index (κ1) is 20.0. The number of fused-ring (bicyclic) bond motifs is 1. The van der Waals surface area contributed by atoms with E-state index in [0.29, 0.717) is 28.9 Å². The highest BCUT2D eigenvalue weighted by atomic mass is 35.5. The summed E-state index contributed by atoms with van der Waals surface area (Å²) in [5, 5.41) is 11.3. The monoisotopic (exact) mass is 397 g/mol. The Hall–Kier alpha value is -1.32. The number of nitrogens with zero attached hydrogens (tertiary/aromatic N) is 3. The highest BCUT2D eigenvalue weighted by Gasteiger charge is 2.37. The second-order valence-electron chi connectivity index (χ2n) is 6.01. The number of halogens is 4. The number of aromatic nitrogens is 2. The number of rotatable bonds is 4. The summed E-state index contributed by atoms with van der Waals surface area (Å²) >= 11 is 0.967. The summed E-state index contributed by atoms with van der Waals surface area (Å²) in [5.41, 5.74) is -1.04. The summed E-state index contributed by atoms with van der Waals surface area (Å²) in [7, 11) is 3.10. The molecular formula is C15H19ClF3N3O2S. The molecular weight excluding hydrogens is 379 g/mol. The number of alkyl halides is 3. The Morgan fingerprint density at radius 1 is 1.32 bits per heavy atom. The maximum atomic E-state index is 12.7. The first-order valence-electron chi connectivity index (χ1n) is 7.59. The summed E-state index contributed by atoms with van der Waals surface area (Å²) in [5.74, 6) is 0.394. The van der Waals surface area contributed by atoms with Gasteiger partial charge < -0.3 is 14.7 Å². The molecule has 0 atom stereocenters. The molecule has 2 aromatic rings. The van der Waals surface area contributed by atoms with Crippen molar-refractivity contribution in [2.45, 2.75) is 44.0 Å². The Balaban J connectivity index is 0.00000225. The van der Waals surface area contributed by atoms with Crippen LogP contribution in [0.1, 0.15) is 30.6 Å². The van der Waals surface area contributed by atoms with Crippen LogP contribution in [-0.4, -0.2) is 41.1 Å². The lowest BCUT2D eigenvalue weighted by molar-refractivity contribution is -0.126. The van der Waals surface area contributed by atoms with Gasteiger partial charge in [0.1, 0.15) is 16.4 Å². The Morgan fingerprint density at radius 2 is 1.96 bits per heavy atom. The molecule has 0 bridgehead atoms. The molecule has 0 amide bonds. The molecule has 1 aliphatic rings. The van der Waals surface area contributed by atoms with Crippen LogP contribution < -0.4 is 9.64 Å². The highest BCUT2D eigenvalue weighted by Crippen LogP contribution is 2.40. The summed E-state index contributed by atoms with van der Waals surface area (Å²) in [6.45, 7) is 0. The Bertz CT molecular complexity index is 747. The lowest BCUT2D eigenvalue weighted by Gasteiger charge is -2.35. The summed E-state index contributed by atoms with van der Waals surface area (Å²) in [6, 6.07) is 1.53. The predicted octanol–water partition coefficient (Wildman–Crippen LogP) is 3.93. The van der Waals surface area contributed by atoms with Crippen LogP contribution in [0.4, 0.5) is 19.0 Å². The molecule has 25 heavy (non-hydrogen) atoms. The van der Waals surface area contributed by atoms with Crippen molar-refractivity contribution in [1.82, 2.24) is 9.97 Å². The minimum absolute atomic E-state index is 0. The van der Waals surface area contributed by atoms with E-state index in [1.807, 2.05) is 0 Å². The van der Waals surface area contributed by atoms with E-state index in [2.05, 4.69) is 9.97 Å². The van der Waals surface area contributed by atoms with Crippen molar-refractivity contribution in [3.05, 3.63) is 10.9 Å². The van der Waals surface area contributed by atoms with Crippen molar-refractivity contribution in [1.29, 1.82) is 0 Å². The van der Waals surface area contributed by atoms with E-state index < -0.39 is 18.3 Å². The minimum atomic E-state index is -4.28. The van der Waals surface area contributed by atoms with E-state index in [-0.39, 0.29) is 23.3 Å². The standard InChI is InChI=1S/C15H18F3N3O2S.ClH/c1-21(14(22)5-3-4-6-14)11-10-7-9(8-15(16,17)18)24-12(10)20-13(19-11)23-2;/h7,22H,3-6,8H2,1-2H3;1H. The number of anilines is 1. The molecule has 10 heteroatoms. The van der Waals surface area contributed by atoms with Crippen LogP contribution in [0, 0.1) is 0 Å². The third-order valence-corrected chi connectivity index (χ3v) is 5.34. The fraction of sp³-hybridized carbons (Fsp3) is 0.600.